The highest BCUT2D eigenvalue weighted by molar-refractivity contribution is 7.99. The summed E-state index contributed by atoms with van der Waals surface area (Å²) < 4.78 is 7.27. The second-order valence-corrected chi connectivity index (χ2v) is 5.94. The third-order valence-electron chi connectivity index (χ3n) is 3.34. The smallest absolute Gasteiger partial charge is 0.230 e. The predicted molar refractivity (Wildman–Crippen MR) is 80.9 cm³/mol. The molecule has 2 heterocycles. The Labute approximate surface area is 129 Å². The molecule has 0 saturated carbocycles. The van der Waals surface area contributed by atoms with Crippen LogP contribution in [0.3, 0.4) is 0 Å². The van der Waals surface area contributed by atoms with Crippen molar-refractivity contribution in [3.05, 3.63) is 5.82 Å². The van der Waals surface area contributed by atoms with Gasteiger partial charge in [0.15, 0.2) is 5.16 Å². The van der Waals surface area contributed by atoms with Gasteiger partial charge in [-0.2, -0.15) is 0 Å². The lowest BCUT2D eigenvalue weighted by atomic mass is 10.1. The van der Waals surface area contributed by atoms with Gasteiger partial charge in [0.05, 0.1) is 12.3 Å². The Morgan fingerprint density at radius 1 is 1.48 bits per heavy atom. The van der Waals surface area contributed by atoms with E-state index in [1.54, 1.807) is 0 Å². The van der Waals surface area contributed by atoms with Crippen molar-refractivity contribution < 1.29 is 9.53 Å². The van der Waals surface area contributed by atoms with Gasteiger partial charge in [0.2, 0.25) is 5.91 Å². The van der Waals surface area contributed by atoms with E-state index in [1.165, 1.54) is 11.8 Å². The van der Waals surface area contributed by atoms with E-state index >= 15 is 0 Å². The second-order valence-electron chi connectivity index (χ2n) is 5.00. The summed E-state index contributed by atoms with van der Waals surface area (Å²) in [5.74, 6) is 1.15. The standard InChI is InChI=1S/C13H23N5O2S/c1-2-5-18-11(8-14)16-17-13(18)21-9-12(19)15-10-3-6-20-7-4-10/h10H,2-9,14H2,1H3,(H,15,19). The first kappa shape index (κ1) is 16.3. The lowest BCUT2D eigenvalue weighted by Gasteiger charge is -2.22. The van der Waals surface area contributed by atoms with Crippen LogP contribution in [0.4, 0.5) is 0 Å². The second kappa shape index (κ2) is 8.35. The SMILES string of the molecule is CCCn1c(CN)nnc1SCC(=O)NC1CCOCC1. The highest BCUT2D eigenvalue weighted by Gasteiger charge is 2.17. The first-order chi connectivity index (χ1) is 10.2. The summed E-state index contributed by atoms with van der Waals surface area (Å²) in [6.07, 6.45) is 2.76. The van der Waals surface area contributed by atoms with Crippen LogP contribution in [0.5, 0.6) is 0 Å². The largest absolute Gasteiger partial charge is 0.381 e. The third kappa shape index (κ3) is 4.69. The molecule has 0 spiro atoms. The molecule has 0 bridgehead atoms. The van der Waals surface area contributed by atoms with Crippen molar-refractivity contribution in [2.24, 2.45) is 5.73 Å². The molecule has 0 radical (unpaired) electrons. The molecule has 0 unspecified atom stereocenters. The molecule has 118 valence electrons. The van der Waals surface area contributed by atoms with Gasteiger partial charge in [-0.1, -0.05) is 18.7 Å². The first-order valence-corrected chi connectivity index (χ1v) is 8.35. The van der Waals surface area contributed by atoms with Gasteiger partial charge in [0, 0.05) is 25.8 Å². The maximum Gasteiger partial charge on any atom is 0.230 e. The number of carbonyl (C=O) groups excluding carboxylic acids is 1. The molecule has 1 saturated heterocycles. The predicted octanol–water partition coefficient (Wildman–Crippen LogP) is 0.534. The van der Waals surface area contributed by atoms with Crippen LogP contribution in [0.25, 0.3) is 0 Å². The highest BCUT2D eigenvalue weighted by Crippen LogP contribution is 2.17. The van der Waals surface area contributed by atoms with Crippen LogP contribution in [-0.2, 0) is 22.6 Å². The van der Waals surface area contributed by atoms with E-state index in [-0.39, 0.29) is 11.9 Å². The quantitative estimate of drug-likeness (QED) is 0.713. The summed E-state index contributed by atoms with van der Waals surface area (Å²) >= 11 is 1.41. The molecule has 7 nitrogen and oxygen atoms in total. The van der Waals surface area contributed by atoms with Crippen LogP contribution >= 0.6 is 11.8 Å². The van der Waals surface area contributed by atoms with Gasteiger partial charge in [0.25, 0.3) is 0 Å². The fraction of sp³-hybridized carbons (Fsp3) is 0.769. The number of nitrogens with two attached hydrogens (primary N) is 1. The molecule has 8 heteroatoms. The fourth-order valence-corrected chi connectivity index (χ4v) is 3.06. The molecule has 21 heavy (non-hydrogen) atoms. The van der Waals surface area contributed by atoms with E-state index < -0.39 is 0 Å². The number of ether oxygens (including phenoxy) is 1. The highest BCUT2D eigenvalue weighted by atomic mass is 32.2. The molecule has 0 atom stereocenters. The summed E-state index contributed by atoms with van der Waals surface area (Å²) in [5, 5.41) is 12.0. The van der Waals surface area contributed by atoms with Crippen molar-refractivity contribution in [2.75, 3.05) is 19.0 Å². The van der Waals surface area contributed by atoms with Gasteiger partial charge in [-0.25, -0.2) is 0 Å². The molecule has 1 aromatic heterocycles. The Hall–Kier alpha value is -1.12. The molecule has 1 amide bonds. The number of hydrogen-bond donors (Lipinski definition) is 2. The van der Waals surface area contributed by atoms with E-state index in [4.69, 9.17) is 10.5 Å². The van der Waals surface area contributed by atoms with E-state index in [0.29, 0.717) is 12.3 Å². The monoisotopic (exact) mass is 313 g/mol. The molecular formula is C13H23N5O2S. The third-order valence-corrected chi connectivity index (χ3v) is 4.31. The van der Waals surface area contributed by atoms with E-state index in [2.05, 4.69) is 22.4 Å². The summed E-state index contributed by atoms with van der Waals surface area (Å²) in [7, 11) is 0. The maximum absolute atomic E-state index is 12.0. The minimum Gasteiger partial charge on any atom is -0.381 e. The Bertz CT molecular complexity index is 459. The maximum atomic E-state index is 12.0. The zero-order valence-corrected chi connectivity index (χ0v) is 13.2. The Morgan fingerprint density at radius 3 is 2.90 bits per heavy atom. The molecule has 1 aliphatic rings. The number of hydrogen-bond acceptors (Lipinski definition) is 6. The van der Waals surface area contributed by atoms with Crippen LogP contribution in [0, 0.1) is 0 Å². The molecule has 0 aliphatic carbocycles. The van der Waals surface area contributed by atoms with E-state index in [0.717, 1.165) is 50.0 Å². The van der Waals surface area contributed by atoms with Crippen molar-refractivity contribution in [3.63, 3.8) is 0 Å². The van der Waals surface area contributed by atoms with Crippen LogP contribution in [0.2, 0.25) is 0 Å². The summed E-state index contributed by atoms with van der Waals surface area (Å²) in [6, 6.07) is 0.236. The number of nitrogens with one attached hydrogen (secondary N) is 1. The van der Waals surface area contributed by atoms with Gasteiger partial charge in [-0.05, 0) is 19.3 Å². The zero-order chi connectivity index (χ0) is 15.1. The van der Waals surface area contributed by atoms with Crippen molar-refractivity contribution in [2.45, 2.75) is 50.5 Å². The van der Waals surface area contributed by atoms with Crippen LogP contribution in [-0.4, -0.2) is 45.7 Å². The number of nitrogens with zero attached hydrogens (tertiary/aromatic N) is 3. The first-order valence-electron chi connectivity index (χ1n) is 7.36. The number of rotatable bonds is 7. The van der Waals surface area contributed by atoms with Gasteiger partial charge in [-0.15, -0.1) is 10.2 Å². The number of carbonyl (C=O) groups is 1. The minimum absolute atomic E-state index is 0.0345. The molecule has 1 aliphatic heterocycles. The topological polar surface area (TPSA) is 95.1 Å². The minimum atomic E-state index is 0.0345. The van der Waals surface area contributed by atoms with Gasteiger partial charge >= 0.3 is 0 Å². The fourth-order valence-electron chi connectivity index (χ4n) is 2.27. The van der Waals surface area contributed by atoms with Crippen molar-refractivity contribution in [1.82, 2.24) is 20.1 Å². The Kier molecular flexibility index (Phi) is 6.47. The van der Waals surface area contributed by atoms with Crippen LogP contribution in [0.1, 0.15) is 32.0 Å². The lowest BCUT2D eigenvalue weighted by Crippen LogP contribution is -2.39. The van der Waals surface area contributed by atoms with Crippen molar-refractivity contribution in [1.29, 1.82) is 0 Å². The van der Waals surface area contributed by atoms with Gasteiger partial charge in [0.1, 0.15) is 5.82 Å². The summed E-state index contributed by atoms with van der Waals surface area (Å²) in [4.78, 5) is 12.0. The summed E-state index contributed by atoms with van der Waals surface area (Å²) in [5.41, 5.74) is 5.65. The molecule has 2 rings (SSSR count). The van der Waals surface area contributed by atoms with Crippen LogP contribution in [0.15, 0.2) is 5.16 Å². The Morgan fingerprint density at radius 2 is 2.24 bits per heavy atom. The summed E-state index contributed by atoms with van der Waals surface area (Å²) in [6.45, 7) is 4.73. The molecule has 1 fully saturated rings. The molecular weight excluding hydrogens is 290 g/mol. The number of aromatic nitrogens is 3. The number of thioether (sulfide) groups is 1. The van der Waals surface area contributed by atoms with E-state index in [9.17, 15) is 4.79 Å². The lowest BCUT2D eigenvalue weighted by molar-refractivity contribution is -0.119. The van der Waals surface area contributed by atoms with E-state index in [1.807, 2.05) is 4.57 Å². The Balaban J connectivity index is 1.84. The average Bonchev–Trinajstić information content (AvgIpc) is 2.89. The zero-order valence-electron chi connectivity index (χ0n) is 12.4. The molecule has 0 aromatic carbocycles. The normalized spacial score (nSPS) is 16.1. The van der Waals surface area contributed by atoms with Gasteiger partial charge in [-0.3, -0.25) is 4.79 Å². The number of amides is 1. The van der Waals surface area contributed by atoms with Crippen LogP contribution < -0.4 is 11.1 Å². The van der Waals surface area contributed by atoms with Gasteiger partial charge < -0.3 is 20.4 Å². The molecule has 1 aromatic rings. The van der Waals surface area contributed by atoms with Crippen molar-refractivity contribution >= 4 is 17.7 Å². The average molecular weight is 313 g/mol. The van der Waals surface area contributed by atoms with Crippen molar-refractivity contribution in [3.8, 4) is 0 Å². The molecule has 3 N–H and O–H groups in total.